The molecule has 5 nitrogen and oxygen atoms in total. The Hall–Kier alpha value is -1.89. The minimum absolute atomic E-state index is 0.00289. The number of esters is 1. The molecule has 0 bridgehead atoms. The van der Waals surface area contributed by atoms with Crippen LogP contribution in [0.2, 0.25) is 5.02 Å². The van der Waals surface area contributed by atoms with E-state index in [0.717, 1.165) is 0 Å². The molecule has 0 aromatic heterocycles. The molecular weight excluding hydrogens is 326 g/mol. The summed E-state index contributed by atoms with van der Waals surface area (Å²) < 4.78 is 28.1. The Labute approximate surface area is 133 Å². The van der Waals surface area contributed by atoms with Gasteiger partial charge in [0.15, 0.2) is 0 Å². The Morgan fingerprint density at radius 3 is 2.55 bits per heavy atom. The zero-order valence-corrected chi connectivity index (χ0v) is 13.3. The summed E-state index contributed by atoms with van der Waals surface area (Å²) in [5.74, 6) is -0.648. The molecule has 0 fully saturated rings. The zero-order valence-electron chi connectivity index (χ0n) is 11.7. The lowest BCUT2D eigenvalue weighted by atomic mass is 10.1. The number of hydrogen-bond acceptors (Lipinski definition) is 4. The lowest BCUT2D eigenvalue weighted by Crippen LogP contribution is -2.15. The highest BCUT2D eigenvalue weighted by Crippen LogP contribution is 2.19. The average Bonchev–Trinajstić information content (AvgIpc) is 2.45. The molecule has 0 radical (unpaired) electrons. The van der Waals surface area contributed by atoms with E-state index in [1.807, 2.05) is 0 Å². The third-order valence-electron chi connectivity index (χ3n) is 3.05. The van der Waals surface area contributed by atoms with Crippen LogP contribution in [0.1, 0.15) is 21.5 Å². The number of carbonyl (C=O) groups is 1. The number of halogens is 1. The zero-order chi connectivity index (χ0) is 16.3. The lowest BCUT2D eigenvalue weighted by Gasteiger charge is -2.08. The largest absolute Gasteiger partial charge is 0.457 e. The fourth-order valence-corrected chi connectivity index (χ4v) is 2.87. The molecule has 0 saturated heterocycles. The van der Waals surface area contributed by atoms with Gasteiger partial charge in [0.2, 0.25) is 10.0 Å². The molecule has 2 rings (SSSR count). The van der Waals surface area contributed by atoms with Gasteiger partial charge in [0.25, 0.3) is 0 Å². The van der Waals surface area contributed by atoms with Gasteiger partial charge < -0.3 is 4.74 Å². The molecule has 0 atom stereocenters. The van der Waals surface area contributed by atoms with Gasteiger partial charge in [0, 0.05) is 10.6 Å². The molecular formula is C15H14ClNO4S. The first-order valence-corrected chi connectivity index (χ1v) is 8.25. The highest BCUT2D eigenvalue weighted by molar-refractivity contribution is 7.89. The van der Waals surface area contributed by atoms with Gasteiger partial charge in [-0.05, 0) is 30.7 Å². The smallest absolute Gasteiger partial charge is 0.338 e. The molecule has 0 aliphatic carbocycles. The van der Waals surface area contributed by atoms with Crippen molar-refractivity contribution in [2.45, 2.75) is 18.4 Å². The lowest BCUT2D eigenvalue weighted by molar-refractivity contribution is 0.0472. The van der Waals surface area contributed by atoms with Crippen molar-refractivity contribution < 1.29 is 17.9 Å². The van der Waals surface area contributed by atoms with Crippen LogP contribution in [0.5, 0.6) is 0 Å². The van der Waals surface area contributed by atoms with Gasteiger partial charge in [-0.25, -0.2) is 18.4 Å². The van der Waals surface area contributed by atoms with Crippen molar-refractivity contribution in [3.63, 3.8) is 0 Å². The second-order valence-corrected chi connectivity index (χ2v) is 6.63. The van der Waals surface area contributed by atoms with Crippen molar-refractivity contribution in [3.05, 3.63) is 64.2 Å². The van der Waals surface area contributed by atoms with Crippen molar-refractivity contribution in [3.8, 4) is 0 Å². The van der Waals surface area contributed by atoms with Crippen LogP contribution in [0.4, 0.5) is 0 Å². The van der Waals surface area contributed by atoms with E-state index in [2.05, 4.69) is 0 Å². The number of sulfonamides is 1. The third kappa shape index (κ3) is 3.85. The number of hydrogen-bond donors (Lipinski definition) is 1. The van der Waals surface area contributed by atoms with E-state index < -0.39 is 16.0 Å². The minimum Gasteiger partial charge on any atom is -0.457 e. The Morgan fingerprint density at radius 1 is 1.23 bits per heavy atom. The summed E-state index contributed by atoms with van der Waals surface area (Å²) >= 11 is 5.97. The van der Waals surface area contributed by atoms with E-state index in [9.17, 15) is 13.2 Å². The van der Waals surface area contributed by atoms with Crippen LogP contribution in [0.25, 0.3) is 0 Å². The Bertz CT molecular complexity index is 818. The molecule has 0 heterocycles. The predicted molar refractivity (Wildman–Crippen MR) is 83.1 cm³/mol. The number of carbonyl (C=O) groups excluding carboxylic acids is 1. The minimum atomic E-state index is -3.89. The predicted octanol–water partition coefficient (Wildman–Crippen LogP) is 2.65. The molecule has 0 saturated carbocycles. The number of nitrogens with two attached hydrogens (primary N) is 1. The highest BCUT2D eigenvalue weighted by atomic mass is 35.5. The summed E-state index contributed by atoms with van der Waals surface area (Å²) in [6.07, 6.45) is 0. The maximum absolute atomic E-state index is 12.0. The van der Waals surface area contributed by atoms with Crippen molar-refractivity contribution in [2.24, 2.45) is 5.14 Å². The topological polar surface area (TPSA) is 86.5 Å². The van der Waals surface area contributed by atoms with Crippen molar-refractivity contribution in [1.29, 1.82) is 0 Å². The van der Waals surface area contributed by atoms with Crippen LogP contribution < -0.4 is 5.14 Å². The molecule has 7 heteroatoms. The molecule has 0 amide bonds. The van der Waals surface area contributed by atoms with Gasteiger partial charge in [0.1, 0.15) is 6.61 Å². The van der Waals surface area contributed by atoms with E-state index in [1.54, 1.807) is 31.2 Å². The summed E-state index contributed by atoms with van der Waals surface area (Å²) in [5, 5.41) is 5.60. The summed E-state index contributed by atoms with van der Waals surface area (Å²) in [4.78, 5) is 11.9. The maximum Gasteiger partial charge on any atom is 0.338 e. The van der Waals surface area contributed by atoms with Crippen molar-refractivity contribution in [2.75, 3.05) is 0 Å². The van der Waals surface area contributed by atoms with Gasteiger partial charge in [-0.2, -0.15) is 0 Å². The number of ether oxygens (including phenoxy) is 1. The molecule has 2 N–H and O–H groups in total. The highest BCUT2D eigenvalue weighted by Gasteiger charge is 2.16. The van der Waals surface area contributed by atoms with Gasteiger partial charge in [-0.1, -0.05) is 35.9 Å². The first kappa shape index (κ1) is 16.5. The summed E-state index contributed by atoms with van der Waals surface area (Å²) in [6, 6.07) is 11.2. The molecule has 0 unspecified atom stereocenters. The molecule has 0 aliphatic rings. The molecule has 0 spiro atoms. The number of primary sulfonamides is 1. The van der Waals surface area contributed by atoms with Crippen molar-refractivity contribution in [1.82, 2.24) is 0 Å². The molecule has 22 heavy (non-hydrogen) atoms. The third-order valence-corrected chi connectivity index (χ3v) is 4.47. The normalized spacial score (nSPS) is 11.2. The van der Waals surface area contributed by atoms with E-state index >= 15 is 0 Å². The van der Waals surface area contributed by atoms with Crippen LogP contribution in [0, 0.1) is 6.92 Å². The number of benzene rings is 2. The quantitative estimate of drug-likeness (QED) is 0.867. The average molecular weight is 340 g/mol. The molecule has 2 aromatic rings. The van der Waals surface area contributed by atoms with E-state index in [1.165, 1.54) is 18.2 Å². The van der Waals surface area contributed by atoms with E-state index in [0.29, 0.717) is 16.1 Å². The Balaban J connectivity index is 2.19. The van der Waals surface area contributed by atoms with E-state index in [-0.39, 0.29) is 17.1 Å². The number of aryl methyl sites for hydroxylation is 1. The molecule has 0 aliphatic heterocycles. The molecule has 2 aromatic carbocycles. The van der Waals surface area contributed by atoms with E-state index in [4.69, 9.17) is 21.5 Å². The van der Waals surface area contributed by atoms with Gasteiger partial charge in [-0.3, -0.25) is 0 Å². The van der Waals surface area contributed by atoms with Crippen molar-refractivity contribution >= 4 is 27.6 Å². The Morgan fingerprint density at radius 2 is 1.91 bits per heavy atom. The fraction of sp³-hybridized carbons (Fsp3) is 0.133. The summed E-state index contributed by atoms with van der Waals surface area (Å²) in [6.45, 7) is 1.59. The van der Waals surface area contributed by atoms with Gasteiger partial charge in [0.05, 0.1) is 10.5 Å². The Kier molecular flexibility index (Phi) is 4.85. The molecule has 116 valence electrons. The second-order valence-electron chi connectivity index (χ2n) is 4.69. The van der Waals surface area contributed by atoms with Gasteiger partial charge >= 0.3 is 5.97 Å². The summed E-state index contributed by atoms with van der Waals surface area (Å²) in [5.41, 5.74) is 1.24. The van der Waals surface area contributed by atoms with Crippen LogP contribution in [0.3, 0.4) is 0 Å². The van der Waals surface area contributed by atoms with Crippen LogP contribution in [-0.4, -0.2) is 14.4 Å². The van der Waals surface area contributed by atoms with Crippen LogP contribution in [-0.2, 0) is 21.4 Å². The number of rotatable bonds is 4. The monoisotopic (exact) mass is 339 g/mol. The van der Waals surface area contributed by atoms with Crippen LogP contribution in [0.15, 0.2) is 47.4 Å². The SMILES string of the molecule is Cc1ccc(C(=O)OCc2ccccc2Cl)cc1S(N)(=O)=O. The summed E-state index contributed by atoms with van der Waals surface area (Å²) in [7, 11) is -3.89. The second kappa shape index (κ2) is 6.48. The standard InChI is InChI=1S/C15H14ClNO4S/c1-10-6-7-11(8-14(10)22(17,19)20)15(18)21-9-12-4-2-3-5-13(12)16/h2-8H,9H2,1H3,(H2,17,19,20). The first-order valence-electron chi connectivity index (χ1n) is 6.33. The van der Waals surface area contributed by atoms with Gasteiger partial charge in [-0.15, -0.1) is 0 Å². The first-order chi connectivity index (χ1) is 10.3. The fourth-order valence-electron chi connectivity index (χ4n) is 1.88. The maximum atomic E-state index is 12.0. The van der Waals surface area contributed by atoms with Crippen LogP contribution >= 0.6 is 11.6 Å².